The first-order valence-electron chi connectivity index (χ1n) is 11.1. The molecule has 196 valence electrons. The summed E-state index contributed by atoms with van der Waals surface area (Å²) < 4.78 is 6.08. The molecule has 1 amide bonds. The zero-order chi connectivity index (χ0) is 28.3. The highest BCUT2D eigenvalue weighted by Gasteiger charge is 2.22. The minimum Gasteiger partial charge on any atom is -0.507 e. The summed E-state index contributed by atoms with van der Waals surface area (Å²) >= 11 is 0. The van der Waals surface area contributed by atoms with Crippen LogP contribution < -0.4 is 15.6 Å². The van der Waals surface area contributed by atoms with Crippen molar-refractivity contribution < 1.29 is 29.3 Å². The Morgan fingerprint density at radius 2 is 1.46 bits per heavy atom. The number of anilines is 1. The summed E-state index contributed by atoms with van der Waals surface area (Å²) in [5.41, 5.74) is -1.82. The number of carbonyl (C=O) groups is 2. The summed E-state index contributed by atoms with van der Waals surface area (Å²) in [6.07, 6.45) is 1.15. The van der Waals surface area contributed by atoms with Crippen molar-refractivity contribution in [3.63, 3.8) is 0 Å². The van der Waals surface area contributed by atoms with Gasteiger partial charge < -0.3 is 15.2 Å². The normalized spacial score (nSPS) is 10.5. The maximum absolute atomic E-state index is 13.4. The number of nitrogens with one attached hydrogen (secondary N) is 1. The summed E-state index contributed by atoms with van der Waals surface area (Å²) in [5, 5.41) is 34.7. The zero-order valence-corrected chi connectivity index (χ0v) is 20.1. The number of benzene rings is 3. The largest absolute Gasteiger partial charge is 0.507 e. The van der Waals surface area contributed by atoms with Crippen LogP contribution in [0.3, 0.4) is 0 Å². The number of ketones is 1. The summed E-state index contributed by atoms with van der Waals surface area (Å²) in [6, 6.07) is 14.7. The molecule has 1 heterocycles. The van der Waals surface area contributed by atoms with Gasteiger partial charge in [-0.3, -0.25) is 39.2 Å². The van der Waals surface area contributed by atoms with Gasteiger partial charge in [-0.2, -0.15) is 0 Å². The number of aromatic nitrogens is 1. The molecule has 0 aliphatic rings. The minimum absolute atomic E-state index is 0.125. The molecule has 0 bridgehead atoms. The molecule has 4 aromatic rings. The summed E-state index contributed by atoms with van der Waals surface area (Å²) in [5.74, 6) is -1.76. The molecular formula is C26H18N4O9. The molecule has 4 rings (SSSR count). The van der Waals surface area contributed by atoms with E-state index >= 15 is 0 Å². The van der Waals surface area contributed by atoms with Gasteiger partial charge >= 0.3 is 0 Å². The smallest absolute Gasteiger partial charge is 0.269 e. The van der Waals surface area contributed by atoms with Crippen molar-refractivity contribution in [1.29, 1.82) is 0 Å². The lowest BCUT2D eigenvalue weighted by molar-refractivity contribution is -0.385. The van der Waals surface area contributed by atoms with Crippen molar-refractivity contribution in [2.45, 2.75) is 0 Å². The van der Waals surface area contributed by atoms with Crippen molar-refractivity contribution in [2.24, 2.45) is 0 Å². The molecular weight excluding hydrogens is 512 g/mol. The number of amides is 1. The van der Waals surface area contributed by atoms with Crippen LogP contribution in [0.15, 0.2) is 83.8 Å². The van der Waals surface area contributed by atoms with E-state index in [2.05, 4.69) is 5.32 Å². The minimum atomic E-state index is -0.922. The maximum Gasteiger partial charge on any atom is 0.269 e. The van der Waals surface area contributed by atoms with Crippen molar-refractivity contribution in [3.05, 3.63) is 126 Å². The number of hydrogen-bond donors (Lipinski definition) is 2. The lowest BCUT2D eigenvalue weighted by Gasteiger charge is -2.13. The Balaban J connectivity index is 1.83. The third-order valence-electron chi connectivity index (χ3n) is 5.65. The molecule has 13 nitrogen and oxygen atoms in total. The van der Waals surface area contributed by atoms with Crippen LogP contribution in [0.2, 0.25) is 0 Å². The average molecular weight is 530 g/mol. The third kappa shape index (κ3) is 5.46. The fraction of sp³-hybridized carbons (Fsp3) is 0.0385. The van der Waals surface area contributed by atoms with Crippen molar-refractivity contribution in [1.82, 2.24) is 4.57 Å². The Kier molecular flexibility index (Phi) is 7.15. The van der Waals surface area contributed by atoms with Crippen LogP contribution in [0.25, 0.3) is 5.69 Å². The van der Waals surface area contributed by atoms with E-state index in [0.29, 0.717) is 0 Å². The van der Waals surface area contributed by atoms with Gasteiger partial charge in [0, 0.05) is 47.4 Å². The topological polar surface area (TPSA) is 184 Å². The van der Waals surface area contributed by atoms with E-state index in [1.54, 1.807) is 0 Å². The second kappa shape index (κ2) is 10.6. The number of pyridine rings is 1. The van der Waals surface area contributed by atoms with Gasteiger partial charge in [0.05, 0.1) is 22.5 Å². The average Bonchev–Trinajstić information content (AvgIpc) is 2.93. The Hall–Kier alpha value is -5.85. The van der Waals surface area contributed by atoms with Crippen LogP contribution in [-0.2, 0) is 0 Å². The predicted octanol–water partition coefficient (Wildman–Crippen LogP) is 3.85. The van der Waals surface area contributed by atoms with E-state index in [0.717, 1.165) is 41.1 Å². The zero-order valence-electron chi connectivity index (χ0n) is 20.1. The van der Waals surface area contributed by atoms with Gasteiger partial charge in [-0.15, -0.1) is 0 Å². The van der Waals surface area contributed by atoms with Gasteiger partial charge in [0.2, 0.25) is 0 Å². The lowest BCUT2D eigenvalue weighted by Crippen LogP contribution is -2.29. The van der Waals surface area contributed by atoms with E-state index in [4.69, 9.17) is 4.74 Å². The number of nitrogens with zero attached hydrogens (tertiary/aromatic N) is 3. The summed E-state index contributed by atoms with van der Waals surface area (Å²) in [4.78, 5) is 60.6. The number of hydrogen-bond acceptors (Lipinski definition) is 9. The molecule has 0 fully saturated rings. The van der Waals surface area contributed by atoms with Gasteiger partial charge in [-0.1, -0.05) is 0 Å². The lowest BCUT2D eigenvalue weighted by atomic mass is 10.0. The monoisotopic (exact) mass is 530 g/mol. The van der Waals surface area contributed by atoms with Gasteiger partial charge in [-0.25, -0.2) is 0 Å². The van der Waals surface area contributed by atoms with Crippen LogP contribution in [0.4, 0.5) is 17.1 Å². The number of methoxy groups -OCH3 is 1. The van der Waals surface area contributed by atoms with Crippen LogP contribution >= 0.6 is 0 Å². The first-order valence-corrected chi connectivity index (χ1v) is 11.1. The molecule has 0 radical (unpaired) electrons. The highest BCUT2D eigenvalue weighted by molar-refractivity contribution is 6.12. The van der Waals surface area contributed by atoms with E-state index in [1.165, 1.54) is 49.6 Å². The molecule has 0 aliphatic carbocycles. The molecule has 2 N–H and O–H groups in total. The number of nitro groups is 2. The van der Waals surface area contributed by atoms with E-state index in [1.807, 2.05) is 0 Å². The first kappa shape index (κ1) is 26.2. The van der Waals surface area contributed by atoms with Gasteiger partial charge in [0.25, 0.3) is 22.8 Å². The fourth-order valence-electron chi connectivity index (χ4n) is 3.64. The predicted molar refractivity (Wildman–Crippen MR) is 138 cm³/mol. The standard InChI is InChI=1S/C26H18N4O9/c1-39-20-10-11-23(31)21(13-20)24(32)15-12-22(25(33)27-16-2-4-18(5-3-16)29(35)36)26(34)28(14-15)17-6-8-19(9-7-17)30(37)38/h2-14,31H,1H3,(H,27,33). The Morgan fingerprint density at radius 1 is 0.872 bits per heavy atom. The number of ether oxygens (including phenoxy) is 1. The number of nitro benzene ring substituents is 2. The molecule has 0 aliphatic heterocycles. The number of aromatic hydroxyl groups is 1. The number of rotatable bonds is 8. The number of carbonyl (C=O) groups excluding carboxylic acids is 2. The fourth-order valence-corrected chi connectivity index (χ4v) is 3.64. The Labute approximate surface area is 218 Å². The highest BCUT2D eigenvalue weighted by Crippen LogP contribution is 2.26. The number of phenolic OH excluding ortho intramolecular Hbond substituents is 1. The molecule has 3 aromatic carbocycles. The second-order valence-corrected chi connectivity index (χ2v) is 8.06. The van der Waals surface area contributed by atoms with Gasteiger partial charge in [0.15, 0.2) is 5.78 Å². The summed E-state index contributed by atoms with van der Waals surface area (Å²) in [7, 11) is 1.37. The van der Waals surface area contributed by atoms with Crippen molar-refractivity contribution in [2.75, 3.05) is 12.4 Å². The molecule has 0 spiro atoms. The SMILES string of the molecule is COc1ccc(O)c(C(=O)c2cc(C(=O)Nc3ccc([N+](=O)[O-])cc3)c(=O)n(-c3ccc([N+](=O)[O-])cc3)c2)c1. The summed E-state index contributed by atoms with van der Waals surface area (Å²) in [6.45, 7) is 0. The molecule has 0 unspecified atom stereocenters. The van der Waals surface area contributed by atoms with Gasteiger partial charge in [0.1, 0.15) is 17.1 Å². The van der Waals surface area contributed by atoms with Crippen LogP contribution in [0.1, 0.15) is 26.3 Å². The number of phenols is 1. The molecule has 1 aromatic heterocycles. The van der Waals surface area contributed by atoms with Crippen LogP contribution in [0.5, 0.6) is 11.5 Å². The van der Waals surface area contributed by atoms with Crippen LogP contribution in [-0.4, -0.2) is 38.3 Å². The number of non-ortho nitro benzene ring substituents is 2. The molecule has 0 atom stereocenters. The highest BCUT2D eigenvalue weighted by atomic mass is 16.6. The van der Waals surface area contributed by atoms with E-state index < -0.39 is 32.7 Å². The van der Waals surface area contributed by atoms with Gasteiger partial charge in [-0.05, 0) is 48.5 Å². The van der Waals surface area contributed by atoms with E-state index in [-0.39, 0.29) is 45.4 Å². The molecule has 13 heteroatoms. The quantitative estimate of drug-likeness (QED) is 0.194. The Bertz CT molecular complexity index is 1680. The third-order valence-corrected chi connectivity index (χ3v) is 5.65. The second-order valence-electron chi connectivity index (χ2n) is 8.06. The maximum atomic E-state index is 13.4. The Morgan fingerprint density at radius 3 is 2.03 bits per heavy atom. The van der Waals surface area contributed by atoms with Crippen molar-refractivity contribution >= 4 is 28.8 Å². The van der Waals surface area contributed by atoms with E-state index in [9.17, 15) is 39.7 Å². The molecule has 39 heavy (non-hydrogen) atoms. The van der Waals surface area contributed by atoms with Crippen molar-refractivity contribution in [3.8, 4) is 17.2 Å². The van der Waals surface area contributed by atoms with Crippen LogP contribution in [0, 0.1) is 20.2 Å². The molecule has 0 saturated carbocycles. The molecule has 0 saturated heterocycles. The first-order chi connectivity index (χ1) is 18.6.